The lowest BCUT2D eigenvalue weighted by molar-refractivity contribution is -0.141. The average Bonchev–Trinajstić information content (AvgIpc) is 2.81. The van der Waals surface area contributed by atoms with E-state index in [0.717, 1.165) is 22.5 Å². The summed E-state index contributed by atoms with van der Waals surface area (Å²) in [4.78, 5) is 27.7. The quantitative estimate of drug-likeness (QED) is 0.391. The molecule has 35 heavy (non-hydrogen) atoms. The Kier molecular flexibility index (Phi) is 11.3. The van der Waals surface area contributed by atoms with E-state index in [-0.39, 0.29) is 48.5 Å². The van der Waals surface area contributed by atoms with Gasteiger partial charge in [-0.1, -0.05) is 67.4 Å². The van der Waals surface area contributed by atoms with Crippen LogP contribution >= 0.6 is 23.2 Å². The molecule has 0 bridgehead atoms. The Morgan fingerprint density at radius 1 is 1.06 bits per heavy atom. The Bertz CT molecular complexity index is 1100. The second-order valence-electron chi connectivity index (χ2n) is 8.26. The summed E-state index contributed by atoms with van der Waals surface area (Å²) in [5.41, 5.74) is 1.17. The van der Waals surface area contributed by atoms with Gasteiger partial charge in [0.25, 0.3) is 0 Å². The molecule has 0 radical (unpaired) electrons. The van der Waals surface area contributed by atoms with Crippen LogP contribution in [0, 0.1) is 0 Å². The number of nitrogens with zero attached hydrogens (tertiary/aromatic N) is 2. The monoisotopic (exact) mass is 541 g/mol. The van der Waals surface area contributed by atoms with Crippen LogP contribution < -0.4 is 9.62 Å². The Labute approximate surface area is 218 Å². The number of nitrogens with one attached hydrogen (secondary N) is 1. The lowest BCUT2D eigenvalue weighted by Crippen LogP contribution is -2.49. The third kappa shape index (κ3) is 8.70. The van der Waals surface area contributed by atoms with Gasteiger partial charge in [-0.2, -0.15) is 0 Å². The van der Waals surface area contributed by atoms with Crippen molar-refractivity contribution in [3.05, 3.63) is 64.1 Å². The summed E-state index contributed by atoms with van der Waals surface area (Å²) >= 11 is 12.3. The van der Waals surface area contributed by atoms with Crippen molar-refractivity contribution >= 4 is 50.7 Å². The van der Waals surface area contributed by atoms with Crippen LogP contribution in [-0.2, 0) is 26.2 Å². The van der Waals surface area contributed by atoms with E-state index in [2.05, 4.69) is 5.32 Å². The number of anilines is 1. The molecule has 2 aromatic carbocycles. The lowest BCUT2D eigenvalue weighted by atomic mass is 10.1. The van der Waals surface area contributed by atoms with Crippen molar-refractivity contribution in [1.29, 1.82) is 0 Å². The summed E-state index contributed by atoms with van der Waals surface area (Å²) in [7, 11) is -3.67. The molecule has 0 aliphatic carbocycles. The zero-order chi connectivity index (χ0) is 26.0. The van der Waals surface area contributed by atoms with E-state index in [4.69, 9.17) is 23.2 Å². The number of benzene rings is 2. The van der Waals surface area contributed by atoms with Crippen LogP contribution in [0.1, 0.15) is 45.1 Å². The molecule has 7 nitrogen and oxygen atoms in total. The second kappa shape index (κ2) is 13.7. The molecule has 1 unspecified atom stereocenters. The van der Waals surface area contributed by atoms with Crippen molar-refractivity contribution < 1.29 is 18.0 Å². The largest absolute Gasteiger partial charge is 0.354 e. The topological polar surface area (TPSA) is 86.8 Å². The van der Waals surface area contributed by atoms with E-state index in [0.29, 0.717) is 18.0 Å². The maximum atomic E-state index is 13.3. The highest BCUT2D eigenvalue weighted by Gasteiger charge is 2.29. The first-order valence-corrected chi connectivity index (χ1v) is 14.2. The summed E-state index contributed by atoms with van der Waals surface area (Å²) in [6.07, 6.45) is 2.64. The number of amides is 2. The molecule has 0 aliphatic rings. The fourth-order valence-electron chi connectivity index (χ4n) is 3.72. The van der Waals surface area contributed by atoms with Gasteiger partial charge in [0, 0.05) is 31.1 Å². The highest BCUT2D eigenvalue weighted by molar-refractivity contribution is 7.92. The van der Waals surface area contributed by atoms with Crippen LogP contribution in [-0.4, -0.2) is 50.5 Å². The summed E-state index contributed by atoms with van der Waals surface area (Å²) in [5, 5.41) is 3.48. The molecule has 2 aromatic rings. The van der Waals surface area contributed by atoms with Gasteiger partial charge < -0.3 is 10.2 Å². The van der Waals surface area contributed by atoms with Gasteiger partial charge in [0.05, 0.1) is 17.0 Å². The first kappa shape index (κ1) is 28.9. The summed E-state index contributed by atoms with van der Waals surface area (Å²) in [5.74, 6) is -0.417. The Morgan fingerprint density at radius 3 is 2.34 bits per heavy atom. The molecule has 2 rings (SSSR count). The number of carbonyl (C=O) groups excluding carboxylic acids is 2. The molecule has 1 N–H and O–H groups in total. The molecule has 10 heteroatoms. The van der Waals surface area contributed by atoms with E-state index < -0.39 is 16.1 Å². The zero-order valence-electron chi connectivity index (χ0n) is 20.3. The molecular formula is C25H33Cl2N3O4S. The molecule has 0 aliphatic heterocycles. The normalized spacial score (nSPS) is 12.1. The minimum Gasteiger partial charge on any atom is -0.354 e. The van der Waals surface area contributed by atoms with Crippen molar-refractivity contribution in [3.8, 4) is 0 Å². The molecule has 0 saturated carbocycles. The number of rotatable bonds is 13. The van der Waals surface area contributed by atoms with Crippen molar-refractivity contribution in [2.24, 2.45) is 0 Å². The highest BCUT2D eigenvalue weighted by atomic mass is 35.5. The van der Waals surface area contributed by atoms with Gasteiger partial charge in [-0.15, -0.1) is 0 Å². The molecule has 0 heterocycles. The smallest absolute Gasteiger partial charge is 0.242 e. The Morgan fingerprint density at radius 2 is 1.74 bits per heavy atom. The van der Waals surface area contributed by atoms with Crippen molar-refractivity contribution in [2.45, 2.75) is 52.1 Å². The van der Waals surface area contributed by atoms with Crippen molar-refractivity contribution in [3.63, 3.8) is 0 Å². The van der Waals surface area contributed by atoms with E-state index >= 15 is 0 Å². The Hall–Kier alpha value is -2.29. The third-order valence-electron chi connectivity index (χ3n) is 5.46. The molecule has 0 spiro atoms. The standard InChI is InChI=1S/C25H33Cl2N3O4S/c1-4-15-28-25(32)22(5-2)29(18-19-10-7-6-8-11-19)24(31)12-9-16-30(35(3,33)34)23-17-20(26)13-14-21(23)27/h6-8,10-11,13-14,17,22H,4-5,9,12,15-16,18H2,1-3H3,(H,28,32). The first-order chi connectivity index (χ1) is 16.6. The molecule has 192 valence electrons. The van der Waals surface area contributed by atoms with Crippen LogP contribution in [0.4, 0.5) is 5.69 Å². The maximum absolute atomic E-state index is 13.3. The number of sulfonamides is 1. The third-order valence-corrected chi connectivity index (χ3v) is 7.19. The predicted molar refractivity (Wildman–Crippen MR) is 142 cm³/mol. The highest BCUT2D eigenvalue weighted by Crippen LogP contribution is 2.31. The SMILES string of the molecule is CCCNC(=O)C(CC)N(Cc1ccccc1)C(=O)CCCN(c1cc(Cl)ccc1Cl)S(C)(=O)=O. The molecule has 1 atom stereocenters. The minimum atomic E-state index is -3.67. The first-order valence-electron chi connectivity index (χ1n) is 11.6. The number of hydrogen-bond donors (Lipinski definition) is 1. The molecule has 2 amide bonds. The second-order valence-corrected chi connectivity index (χ2v) is 11.0. The van der Waals surface area contributed by atoms with Gasteiger partial charge in [0.15, 0.2) is 0 Å². The molecular weight excluding hydrogens is 509 g/mol. The lowest BCUT2D eigenvalue weighted by Gasteiger charge is -2.31. The van der Waals surface area contributed by atoms with Crippen molar-refractivity contribution in [1.82, 2.24) is 10.2 Å². The summed E-state index contributed by atoms with van der Waals surface area (Å²) in [6, 6.07) is 13.4. The van der Waals surface area contributed by atoms with E-state index in [1.165, 1.54) is 12.1 Å². The molecule has 0 saturated heterocycles. The van der Waals surface area contributed by atoms with E-state index in [1.807, 2.05) is 44.2 Å². The van der Waals surface area contributed by atoms with E-state index in [9.17, 15) is 18.0 Å². The molecule has 0 aromatic heterocycles. The van der Waals surface area contributed by atoms with Crippen LogP contribution in [0.15, 0.2) is 48.5 Å². The zero-order valence-corrected chi connectivity index (χ0v) is 22.7. The predicted octanol–water partition coefficient (Wildman–Crippen LogP) is 4.87. The van der Waals surface area contributed by atoms with E-state index in [1.54, 1.807) is 11.0 Å². The summed E-state index contributed by atoms with van der Waals surface area (Å²) < 4.78 is 26.1. The van der Waals surface area contributed by atoms with Crippen LogP contribution in [0.3, 0.4) is 0 Å². The van der Waals surface area contributed by atoms with Crippen LogP contribution in [0.5, 0.6) is 0 Å². The number of hydrogen-bond acceptors (Lipinski definition) is 4. The fraction of sp³-hybridized carbons (Fsp3) is 0.440. The minimum absolute atomic E-state index is 0.0443. The number of carbonyl (C=O) groups is 2. The fourth-order valence-corrected chi connectivity index (χ4v) is 5.13. The average molecular weight is 543 g/mol. The van der Waals surface area contributed by atoms with Crippen molar-refractivity contribution in [2.75, 3.05) is 23.7 Å². The van der Waals surface area contributed by atoms with Gasteiger partial charge in [-0.25, -0.2) is 8.42 Å². The number of halogens is 2. The van der Waals surface area contributed by atoms with Gasteiger partial charge in [0.1, 0.15) is 6.04 Å². The van der Waals surface area contributed by atoms with Gasteiger partial charge in [-0.05, 0) is 43.0 Å². The summed E-state index contributed by atoms with van der Waals surface area (Å²) in [6.45, 7) is 4.70. The Balaban J connectivity index is 2.21. The van der Waals surface area contributed by atoms with Gasteiger partial charge in [0.2, 0.25) is 21.8 Å². The van der Waals surface area contributed by atoms with Crippen LogP contribution in [0.25, 0.3) is 0 Å². The maximum Gasteiger partial charge on any atom is 0.242 e. The van der Waals surface area contributed by atoms with Gasteiger partial charge in [-0.3, -0.25) is 13.9 Å². The van der Waals surface area contributed by atoms with Crippen LogP contribution in [0.2, 0.25) is 10.0 Å². The molecule has 0 fully saturated rings. The van der Waals surface area contributed by atoms with Gasteiger partial charge >= 0.3 is 0 Å².